The molecule has 0 fully saturated rings. The van der Waals surface area contributed by atoms with Crippen LogP contribution in [0.5, 0.6) is 5.88 Å². The molecule has 0 saturated carbocycles. The fourth-order valence-corrected chi connectivity index (χ4v) is 1.33. The van der Waals surface area contributed by atoms with Crippen molar-refractivity contribution in [2.45, 2.75) is 13.5 Å². The lowest BCUT2D eigenvalue weighted by Gasteiger charge is -2.06. The smallest absolute Gasteiger partial charge is 0.226 e. The average molecular weight is 230 g/mol. The molecule has 0 unspecified atom stereocenters. The van der Waals surface area contributed by atoms with Gasteiger partial charge in [0, 0.05) is 18.5 Å². The van der Waals surface area contributed by atoms with Crippen molar-refractivity contribution in [2.24, 2.45) is 0 Å². The summed E-state index contributed by atoms with van der Waals surface area (Å²) in [6, 6.07) is 7.51. The van der Waals surface area contributed by atoms with Crippen LogP contribution in [-0.2, 0) is 6.54 Å². The summed E-state index contributed by atoms with van der Waals surface area (Å²) in [5.74, 6) is 1.12. The first-order chi connectivity index (χ1) is 8.38. The van der Waals surface area contributed by atoms with Crippen LogP contribution in [0.4, 0.5) is 5.95 Å². The lowest BCUT2D eigenvalue weighted by Crippen LogP contribution is -2.05. The van der Waals surface area contributed by atoms with Crippen LogP contribution in [0, 0.1) is 0 Å². The molecule has 2 heterocycles. The normalized spacial score (nSPS) is 9.94. The molecule has 5 nitrogen and oxygen atoms in total. The van der Waals surface area contributed by atoms with Gasteiger partial charge in [-0.25, -0.2) is 4.98 Å². The summed E-state index contributed by atoms with van der Waals surface area (Å²) in [5.41, 5.74) is 0.943. The van der Waals surface area contributed by atoms with E-state index in [0.29, 0.717) is 25.0 Å². The Labute approximate surface area is 99.9 Å². The van der Waals surface area contributed by atoms with Gasteiger partial charge in [0.15, 0.2) is 0 Å². The molecule has 2 aromatic rings. The predicted molar refractivity (Wildman–Crippen MR) is 64.8 cm³/mol. The highest BCUT2D eigenvalue weighted by Crippen LogP contribution is 2.08. The summed E-state index contributed by atoms with van der Waals surface area (Å²) in [5, 5.41) is 3.10. The van der Waals surface area contributed by atoms with Gasteiger partial charge in [0.2, 0.25) is 11.8 Å². The minimum absolute atomic E-state index is 0.543. The van der Waals surface area contributed by atoms with Crippen LogP contribution < -0.4 is 10.1 Å². The second kappa shape index (κ2) is 5.79. The van der Waals surface area contributed by atoms with Gasteiger partial charge < -0.3 is 10.1 Å². The van der Waals surface area contributed by atoms with Gasteiger partial charge in [-0.1, -0.05) is 6.07 Å². The molecule has 0 spiro atoms. The highest BCUT2D eigenvalue weighted by molar-refractivity contribution is 5.28. The van der Waals surface area contributed by atoms with Crippen LogP contribution in [0.15, 0.2) is 36.7 Å². The summed E-state index contributed by atoms with van der Waals surface area (Å²) in [6.45, 7) is 3.11. The molecule has 88 valence electrons. The van der Waals surface area contributed by atoms with E-state index in [9.17, 15) is 0 Å². The highest BCUT2D eigenvalue weighted by atomic mass is 16.5. The number of hydrogen-bond acceptors (Lipinski definition) is 5. The molecule has 5 heteroatoms. The first-order valence-electron chi connectivity index (χ1n) is 5.48. The minimum Gasteiger partial charge on any atom is -0.478 e. The van der Waals surface area contributed by atoms with Crippen LogP contribution in [0.2, 0.25) is 0 Å². The van der Waals surface area contributed by atoms with Gasteiger partial charge in [0.05, 0.1) is 18.8 Å². The number of nitrogens with zero attached hydrogens (tertiary/aromatic N) is 3. The third kappa shape index (κ3) is 3.41. The zero-order valence-corrected chi connectivity index (χ0v) is 9.63. The van der Waals surface area contributed by atoms with Crippen molar-refractivity contribution < 1.29 is 4.74 Å². The summed E-state index contributed by atoms with van der Waals surface area (Å²) in [4.78, 5) is 12.5. The fraction of sp³-hybridized carbons (Fsp3) is 0.250. The number of nitrogens with one attached hydrogen (secondary N) is 1. The van der Waals surface area contributed by atoms with Gasteiger partial charge >= 0.3 is 0 Å². The van der Waals surface area contributed by atoms with E-state index in [4.69, 9.17) is 4.74 Å². The van der Waals surface area contributed by atoms with Gasteiger partial charge in [-0.3, -0.25) is 4.98 Å². The largest absolute Gasteiger partial charge is 0.478 e. The third-order valence-corrected chi connectivity index (χ3v) is 2.08. The van der Waals surface area contributed by atoms with E-state index in [0.717, 1.165) is 5.69 Å². The Balaban J connectivity index is 1.97. The highest BCUT2D eigenvalue weighted by Gasteiger charge is 1.99. The zero-order valence-electron chi connectivity index (χ0n) is 9.63. The third-order valence-electron chi connectivity index (χ3n) is 2.08. The molecular formula is C12H14N4O. The average Bonchev–Trinajstić information content (AvgIpc) is 2.39. The van der Waals surface area contributed by atoms with E-state index in [-0.39, 0.29) is 0 Å². The van der Waals surface area contributed by atoms with Gasteiger partial charge in [0.1, 0.15) is 0 Å². The second-order valence-electron chi connectivity index (χ2n) is 3.33. The molecule has 0 aromatic carbocycles. The Morgan fingerprint density at radius 2 is 2.12 bits per heavy atom. The first-order valence-corrected chi connectivity index (χ1v) is 5.48. The molecule has 0 saturated heterocycles. The molecule has 0 aliphatic carbocycles. The van der Waals surface area contributed by atoms with Crippen LogP contribution in [-0.4, -0.2) is 21.6 Å². The van der Waals surface area contributed by atoms with Crippen molar-refractivity contribution in [2.75, 3.05) is 11.9 Å². The van der Waals surface area contributed by atoms with E-state index >= 15 is 0 Å². The maximum absolute atomic E-state index is 5.29. The van der Waals surface area contributed by atoms with Crippen LogP contribution in [0.25, 0.3) is 0 Å². The summed E-state index contributed by atoms with van der Waals surface area (Å²) >= 11 is 0. The molecule has 2 rings (SSSR count). The lowest BCUT2D eigenvalue weighted by molar-refractivity contribution is 0.326. The molecule has 1 N–H and O–H groups in total. The van der Waals surface area contributed by atoms with Crippen molar-refractivity contribution in [3.05, 3.63) is 42.4 Å². The van der Waals surface area contributed by atoms with E-state index in [1.807, 2.05) is 25.1 Å². The van der Waals surface area contributed by atoms with E-state index in [1.54, 1.807) is 18.5 Å². The lowest BCUT2D eigenvalue weighted by atomic mass is 10.3. The number of ether oxygens (including phenoxy) is 1. The quantitative estimate of drug-likeness (QED) is 0.849. The predicted octanol–water partition coefficient (Wildman–Crippen LogP) is 1.88. The summed E-state index contributed by atoms with van der Waals surface area (Å²) in [7, 11) is 0. The van der Waals surface area contributed by atoms with E-state index in [1.165, 1.54) is 0 Å². The number of pyridine rings is 1. The number of aromatic nitrogens is 3. The van der Waals surface area contributed by atoms with Crippen molar-refractivity contribution in [1.82, 2.24) is 15.0 Å². The molecule has 2 aromatic heterocycles. The number of hydrogen-bond donors (Lipinski definition) is 1. The molecule has 0 bridgehead atoms. The van der Waals surface area contributed by atoms with Gasteiger partial charge in [0.25, 0.3) is 0 Å². The Kier molecular flexibility index (Phi) is 3.85. The Morgan fingerprint density at radius 3 is 2.88 bits per heavy atom. The monoisotopic (exact) mass is 230 g/mol. The Hall–Kier alpha value is -2.17. The topological polar surface area (TPSA) is 59.9 Å². The first kappa shape index (κ1) is 11.3. The van der Waals surface area contributed by atoms with Crippen LogP contribution in [0.3, 0.4) is 0 Å². The summed E-state index contributed by atoms with van der Waals surface area (Å²) in [6.07, 6.45) is 3.42. The zero-order chi connectivity index (χ0) is 11.9. The van der Waals surface area contributed by atoms with Gasteiger partial charge in [-0.2, -0.15) is 4.98 Å². The molecule has 0 aliphatic rings. The number of rotatable bonds is 5. The SMILES string of the molecule is CCOc1ccnc(NCc2ccccn2)n1. The Bertz CT molecular complexity index is 461. The van der Waals surface area contributed by atoms with Crippen molar-refractivity contribution in [3.8, 4) is 5.88 Å². The molecule has 0 aliphatic heterocycles. The van der Waals surface area contributed by atoms with Gasteiger partial charge in [-0.05, 0) is 19.1 Å². The van der Waals surface area contributed by atoms with Gasteiger partial charge in [-0.15, -0.1) is 0 Å². The maximum Gasteiger partial charge on any atom is 0.226 e. The maximum atomic E-state index is 5.29. The standard InChI is InChI=1S/C12H14N4O/c1-2-17-11-6-8-14-12(16-11)15-9-10-5-3-4-7-13-10/h3-8H,2,9H2,1H3,(H,14,15,16). The second-order valence-corrected chi connectivity index (χ2v) is 3.33. The van der Waals surface area contributed by atoms with Crippen LogP contribution >= 0.6 is 0 Å². The molecule has 0 radical (unpaired) electrons. The van der Waals surface area contributed by atoms with E-state index in [2.05, 4.69) is 20.3 Å². The van der Waals surface area contributed by atoms with Crippen molar-refractivity contribution in [1.29, 1.82) is 0 Å². The molecule has 0 atom stereocenters. The Morgan fingerprint density at radius 1 is 1.18 bits per heavy atom. The van der Waals surface area contributed by atoms with E-state index < -0.39 is 0 Å². The van der Waals surface area contributed by atoms with Crippen molar-refractivity contribution >= 4 is 5.95 Å². The van der Waals surface area contributed by atoms with Crippen molar-refractivity contribution in [3.63, 3.8) is 0 Å². The molecular weight excluding hydrogens is 216 g/mol. The van der Waals surface area contributed by atoms with Crippen LogP contribution in [0.1, 0.15) is 12.6 Å². The number of anilines is 1. The minimum atomic E-state index is 0.543. The fourth-order valence-electron chi connectivity index (χ4n) is 1.33. The summed E-state index contributed by atoms with van der Waals surface area (Å²) < 4.78 is 5.29. The molecule has 0 amide bonds. The molecule has 17 heavy (non-hydrogen) atoms.